The predicted octanol–water partition coefficient (Wildman–Crippen LogP) is 1.29. The number of hydrogen-bond donors (Lipinski definition) is 0. The van der Waals surface area contributed by atoms with Crippen molar-refractivity contribution in [1.82, 2.24) is 19.7 Å². The van der Waals surface area contributed by atoms with Crippen LogP contribution in [0.15, 0.2) is 40.0 Å². The maximum atomic E-state index is 12.6. The molecule has 1 fully saturated rings. The van der Waals surface area contributed by atoms with Gasteiger partial charge in [0.1, 0.15) is 4.47 Å². The number of hydrogen-bond acceptors (Lipinski definition) is 5. The molecule has 1 aliphatic rings. The second-order valence-electron chi connectivity index (χ2n) is 5.64. The second kappa shape index (κ2) is 7.12. The minimum atomic E-state index is -0.165. The van der Waals surface area contributed by atoms with E-state index >= 15 is 0 Å². The van der Waals surface area contributed by atoms with Gasteiger partial charge < -0.3 is 9.80 Å². The molecule has 0 spiro atoms. The number of carbonyl (C=O) groups excluding carboxylic acids is 1. The van der Waals surface area contributed by atoms with Crippen LogP contribution < -0.4 is 10.5 Å². The summed E-state index contributed by atoms with van der Waals surface area (Å²) in [7, 11) is 1.62. The zero-order valence-corrected chi connectivity index (χ0v) is 14.9. The lowest BCUT2D eigenvalue weighted by Gasteiger charge is -2.24. The summed E-state index contributed by atoms with van der Waals surface area (Å²) in [6, 6.07) is 3.46. The maximum Gasteiger partial charge on any atom is 0.282 e. The Balaban J connectivity index is 1.75. The van der Waals surface area contributed by atoms with Gasteiger partial charge in [-0.3, -0.25) is 14.6 Å². The van der Waals surface area contributed by atoms with Gasteiger partial charge in [-0.25, -0.2) is 4.68 Å². The standard InChI is InChI=1S/C16H18BrN5O2/c1-20-16(24)14(17)13(11-19-20)21-7-2-8-22(10-9-21)15(23)12-3-5-18-6-4-12/h3-6,11H,2,7-10H2,1H3. The first-order chi connectivity index (χ1) is 11.6. The average Bonchev–Trinajstić information content (AvgIpc) is 2.86. The third-order valence-corrected chi connectivity index (χ3v) is 4.86. The molecule has 0 unspecified atom stereocenters. The number of aromatic nitrogens is 3. The van der Waals surface area contributed by atoms with Crippen LogP contribution in [-0.2, 0) is 7.05 Å². The fourth-order valence-electron chi connectivity index (χ4n) is 2.76. The molecule has 0 radical (unpaired) electrons. The fourth-order valence-corrected chi connectivity index (χ4v) is 3.37. The third kappa shape index (κ3) is 3.33. The lowest BCUT2D eigenvalue weighted by atomic mass is 10.2. The van der Waals surface area contributed by atoms with E-state index in [0.29, 0.717) is 29.7 Å². The fraction of sp³-hybridized carbons (Fsp3) is 0.375. The molecule has 1 saturated heterocycles. The summed E-state index contributed by atoms with van der Waals surface area (Å²) in [5.74, 6) is 0.0143. The van der Waals surface area contributed by atoms with Gasteiger partial charge in [-0.1, -0.05) is 0 Å². The molecule has 2 aromatic rings. The van der Waals surface area contributed by atoms with Crippen molar-refractivity contribution in [2.45, 2.75) is 6.42 Å². The summed E-state index contributed by atoms with van der Waals surface area (Å²) in [4.78, 5) is 32.5. The third-order valence-electron chi connectivity index (χ3n) is 4.11. The van der Waals surface area contributed by atoms with Crippen LogP contribution in [0.25, 0.3) is 0 Å². The second-order valence-corrected chi connectivity index (χ2v) is 6.43. The molecule has 2 aromatic heterocycles. The van der Waals surface area contributed by atoms with Crippen molar-refractivity contribution in [3.8, 4) is 0 Å². The van der Waals surface area contributed by atoms with Crippen LogP contribution in [0.5, 0.6) is 0 Å². The highest BCUT2D eigenvalue weighted by atomic mass is 79.9. The summed E-state index contributed by atoms with van der Waals surface area (Å²) in [6.45, 7) is 2.72. The summed E-state index contributed by atoms with van der Waals surface area (Å²) < 4.78 is 1.80. The van der Waals surface area contributed by atoms with Gasteiger partial charge in [0, 0.05) is 51.2 Å². The van der Waals surface area contributed by atoms with Crippen molar-refractivity contribution >= 4 is 27.5 Å². The van der Waals surface area contributed by atoms with Gasteiger partial charge >= 0.3 is 0 Å². The first kappa shape index (κ1) is 16.6. The Morgan fingerprint density at radius 3 is 2.67 bits per heavy atom. The number of aryl methyl sites for hydroxylation is 1. The Hall–Kier alpha value is -2.22. The molecule has 1 amide bonds. The molecule has 0 atom stereocenters. The van der Waals surface area contributed by atoms with Gasteiger partial charge in [0.25, 0.3) is 11.5 Å². The van der Waals surface area contributed by atoms with Crippen LogP contribution in [0.2, 0.25) is 0 Å². The Morgan fingerprint density at radius 2 is 1.92 bits per heavy atom. The predicted molar refractivity (Wildman–Crippen MR) is 94.1 cm³/mol. The van der Waals surface area contributed by atoms with Crippen LogP contribution in [0, 0.1) is 0 Å². The van der Waals surface area contributed by atoms with Gasteiger partial charge in [-0.2, -0.15) is 5.10 Å². The lowest BCUT2D eigenvalue weighted by molar-refractivity contribution is 0.0767. The average molecular weight is 392 g/mol. The Bertz CT molecular complexity index is 793. The molecule has 0 N–H and O–H groups in total. The molecule has 3 rings (SSSR count). The van der Waals surface area contributed by atoms with Gasteiger partial charge in [-0.05, 0) is 34.5 Å². The van der Waals surface area contributed by atoms with Gasteiger partial charge in [0.15, 0.2) is 0 Å². The summed E-state index contributed by atoms with van der Waals surface area (Å²) in [6.07, 6.45) is 5.77. The maximum absolute atomic E-state index is 12.6. The number of carbonyl (C=O) groups is 1. The first-order valence-electron chi connectivity index (χ1n) is 7.74. The monoisotopic (exact) mass is 391 g/mol. The molecule has 3 heterocycles. The Morgan fingerprint density at radius 1 is 1.17 bits per heavy atom. The number of rotatable bonds is 2. The van der Waals surface area contributed by atoms with E-state index < -0.39 is 0 Å². The van der Waals surface area contributed by atoms with E-state index in [1.54, 1.807) is 37.8 Å². The largest absolute Gasteiger partial charge is 0.367 e. The van der Waals surface area contributed by atoms with E-state index in [0.717, 1.165) is 18.7 Å². The Kier molecular flexibility index (Phi) is 4.94. The quantitative estimate of drug-likeness (QED) is 0.771. The smallest absolute Gasteiger partial charge is 0.282 e. The molecule has 7 nitrogen and oxygen atoms in total. The van der Waals surface area contributed by atoms with Crippen LogP contribution in [0.3, 0.4) is 0 Å². The van der Waals surface area contributed by atoms with Crippen LogP contribution in [0.1, 0.15) is 16.8 Å². The highest BCUT2D eigenvalue weighted by Crippen LogP contribution is 2.23. The molecule has 24 heavy (non-hydrogen) atoms. The van der Waals surface area contributed by atoms with Crippen molar-refractivity contribution in [1.29, 1.82) is 0 Å². The topological polar surface area (TPSA) is 71.3 Å². The van der Waals surface area contributed by atoms with Crippen LogP contribution in [-0.4, -0.2) is 51.8 Å². The molecule has 0 aliphatic carbocycles. The number of anilines is 1. The number of amides is 1. The molecule has 1 aliphatic heterocycles. The van der Waals surface area contributed by atoms with Crippen molar-refractivity contribution in [2.24, 2.45) is 7.05 Å². The molecule has 126 valence electrons. The minimum absolute atomic E-state index is 0.0143. The summed E-state index contributed by atoms with van der Waals surface area (Å²) in [5.41, 5.74) is 1.26. The summed E-state index contributed by atoms with van der Waals surface area (Å²) >= 11 is 3.37. The van der Waals surface area contributed by atoms with Gasteiger partial charge in [0.05, 0.1) is 11.9 Å². The molecule has 8 heteroatoms. The molecular formula is C16H18BrN5O2. The lowest BCUT2D eigenvalue weighted by Crippen LogP contribution is -2.36. The summed E-state index contributed by atoms with van der Waals surface area (Å²) in [5, 5.41) is 4.09. The number of halogens is 1. The van der Waals surface area contributed by atoms with E-state index in [1.807, 2.05) is 4.90 Å². The number of pyridine rings is 1. The zero-order chi connectivity index (χ0) is 17.1. The highest BCUT2D eigenvalue weighted by Gasteiger charge is 2.22. The zero-order valence-electron chi connectivity index (χ0n) is 13.4. The molecule has 0 aromatic carbocycles. The van der Waals surface area contributed by atoms with Crippen molar-refractivity contribution < 1.29 is 4.79 Å². The normalized spacial score (nSPS) is 15.2. The first-order valence-corrected chi connectivity index (χ1v) is 8.53. The van der Waals surface area contributed by atoms with Crippen LogP contribution >= 0.6 is 15.9 Å². The van der Waals surface area contributed by atoms with Crippen molar-refractivity contribution in [3.63, 3.8) is 0 Å². The van der Waals surface area contributed by atoms with Gasteiger partial charge in [-0.15, -0.1) is 0 Å². The highest BCUT2D eigenvalue weighted by molar-refractivity contribution is 9.10. The van der Waals surface area contributed by atoms with E-state index in [-0.39, 0.29) is 11.5 Å². The number of nitrogens with zero attached hydrogens (tertiary/aromatic N) is 5. The van der Waals surface area contributed by atoms with Crippen LogP contribution in [0.4, 0.5) is 5.69 Å². The van der Waals surface area contributed by atoms with Crippen molar-refractivity contribution in [2.75, 3.05) is 31.1 Å². The molecule has 0 saturated carbocycles. The van der Waals surface area contributed by atoms with E-state index in [2.05, 4.69) is 30.9 Å². The minimum Gasteiger partial charge on any atom is -0.367 e. The molecule has 0 bridgehead atoms. The van der Waals surface area contributed by atoms with E-state index in [9.17, 15) is 9.59 Å². The van der Waals surface area contributed by atoms with E-state index in [1.165, 1.54) is 4.68 Å². The Labute approximate surface area is 148 Å². The molecular weight excluding hydrogens is 374 g/mol. The SMILES string of the molecule is Cn1ncc(N2CCCN(C(=O)c3ccncc3)CC2)c(Br)c1=O. The van der Waals surface area contributed by atoms with E-state index in [4.69, 9.17) is 0 Å². The van der Waals surface area contributed by atoms with Gasteiger partial charge in [0.2, 0.25) is 0 Å². The van der Waals surface area contributed by atoms with Crippen molar-refractivity contribution in [3.05, 3.63) is 51.1 Å².